The standard InChI is InChI=1S/C27H23BF10SSi/c1-5-39-12-11-14(27(40(2,3)4)13-9-7-6-8-10-13)28(15-17(29)21(33)25(37)22(34)18(15)30)16-19(31)23(35)26(38)24(36)20(16)32/h6-10H,5,11-12H2,1-4H3/b27-14+. The van der Waals surface area contributed by atoms with Gasteiger partial charge in [-0.15, -0.1) is 0 Å². The van der Waals surface area contributed by atoms with Crippen LogP contribution in [0.2, 0.25) is 19.6 Å². The predicted molar refractivity (Wildman–Crippen MR) is 142 cm³/mol. The molecule has 0 radical (unpaired) electrons. The van der Waals surface area contributed by atoms with E-state index in [0.29, 0.717) is 16.5 Å². The van der Waals surface area contributed by atoms with Crippen LogP contribution in [0.1, 0.15) is 18.9 Å². The highest BCUT2D eigenvalue weighted by Gasteiger charge is 2.43. The molecule has 0 N–H and O–H groups in total. The van der Waals surface area contributed by atoms with Crippen LogP contribution >= 0.6 is 11.8 Å². The summed E-state index contributed by atoms with van der Waals surface area (Å²) in [5.41, 5.74) is -3.21. The fourth-order valence-corrected chi connectivity index (χ4v) is 7.61. The minimum Gasteiger partial charge on any atom is -0.204 e. The first-order valence-corrected chi connectivity index (χ1v) is 16.7. The summed E-state index contributed by atoms with van der Waals surface area (Å²) in [5, 5.41) is 0.308. The molecule has 3 rings (SSSR count). The smallest absolute Gasteiger partial charge is 0.204 e. The molecule has 0 bridgehead atoms. The molecule has 0 amide bonds. The van der Waals surface area contributed by atoms with Crippen LogP contribution in [-0.4, -0.2) is 26.3 Å². The van der Waals surface area contributed by atoms with Crippen molar-refractivity contribution in [3.63, 3.8) is 0 Å². The number of rotatable bonds is 9. The Labute approximate surface area is 230 Å². The van der Waals surface area contributed by atoms with Gasteiger partial charge in [0, 0.05) is 10.9 Å². The Kier molecular flexibility index (Phi) is 9.92. The molecule has 0 saturated carbocycles. The molecule has 3 aromatic rings. The van der Waals surface area contributed by atoms with E-state index in [0.717, 1.165) is 0 Å². The molecule has 0 aliphatic heterocycles. The molecule has 0 nitrogen and oxygen atoms in total. The molecule has 214 valence electrons. The van der Waals surface area contributed by atoms with Gasteiger partial charge in [0.1, 0.15) is 0 Å². The SMILES string of the molecule is CCSCC/C(B(c1c(F)c(F)c(F)c(F)c1F)c1c(F)c(F)c(F)c(F)c1F)=C(/c1ccccc1)[Si](C)(C)C. The zero-order chi connectivity index (χ0) is 30.1. The van der Waals surface area contributed by atoms with E-state index in [1.54, 1.807) is 56.9 Å². The molecular weight excluding hydrogens is 585 g/mol. The maximum atomic E-state index is 15.3. The fourth-order valence-electron chi connectivity index (χ4n) is 4.69. The average Bonchev–Trinajstić information content (AvgIpc) is 2.91. The highest BCUT2D eigenvalue weighted by Crippen LogP contribution is 2.34. The van der Waals surface area contributed by atoms with Gasteiger partial charge in [0.25, 0.3) is 6.71 Å². The van der Waals surface area contributed by atoms with Gasteiger partial charge in [0.2, 0.25) is 0 Å². The van der Waals surface area contributed by atoms with E-state index in [4.69, 9.17) is 0 Å². The molecule has 3 aromatic carbocycles. The molecule has 0 aliphatic carbocycles. The Morgan fingerprint density at radius 3 is 1.35 bits per heavy atom. The molecule has 0 saturated heterocycles. The van der Waals surface area contributed by atoms with Crippen molar-refractivity contribution in [2.75, 3.05) is 11.5 Å². The van der Waals surface area contributed by atoms with Crippen LogP contribution in [0.4, 0.5) is 43.9 Å². The minimum atomic E-state index is -2.77. The summed E-state index contributed by atoms with van der Waals surface area (Å²) < 4.78 is 147. The third-order valence-corrected chi connectivity index (χ3v) is 9.28. The quantitative estimate of drug-likeness (QED) is 0.0789. The number of allylic oxidation sites excluding steroid dienone is 1. The lowest BCUT2D eigenvalue weighted by Gasteiger charge is -2.31. The van der Waals surface area contributed by atoms with Crippen molar-refractivity contribution >= 4 is 42.7 Å². The van der Waals surface area contributed by atoms with Crippen molar-refractivity contribution in [1.29, 1.82) is 0 Å². The number of benzene rings is 3. The Hall–Kier alpha value is -2.67. The largest absolute Gasteiger partial charge is 0.253 e. The Balaban J connectivity index is 2.68. The topological polar surface area (TPSA) is 0 Å². The van der Waals surface area contributed by atoms with Crippen molar-refractivity contribution < 1.29 is 43.9 Å². The summed E-state index contributed by atoms with van der Waals surface area (Å²) in [7, 11) is -2.77. The Morgan fingerprint density at radius 1 is 0.625 bits per heavy atom. The van der Waals surface area contributed by atoms with Crippen LogP contribution < -0.4 is 10.9 Å². The number of hydrogen-bond acceptors (Lipinski definition) is 1. The minimum absolute atomic E-state index is 0.147. The van der Waals surface area contributed by atoms with Gasteiger partial charge < -0.3 is 0 Å². The second-order valence-electron chi connectivity index (χ2n) is 9.86. The van der Waals surface area contributed by atoms with Crippen LogP contribution in [0, 0.1) is 58.2 Å². The molecule has 0 aromatic heterocycles. The molecule has 13 heteroatoms. The van der Waals surface area contributed by atoms with Gasteiger partial charge in [0.05, 0.1) is 8.07 Å². The summed E-state index contributed by atoms with van der Waals surface area (Å²) >= 11 is 1.29. The van der Waals surface area contributed by atoms with Crippen LogP contribution in [0.3, 0.4) is 0 Å². The highest BCUT2D eigenvalue weighted by molar-refractivity contribution is 7.99. The third-order valence-electron chi connectivity index (χ3n) is 6.27. The zero-order valence-electron chi connectivity index (χ0n) is 21.8. The van der Waals surface area contributed by atoms with Gasteiger partial charge in [-0.1, -0.05) is 67.6 Å². The van der Waals surface area contributed by atoms with E-state index >= 15 is 17.6 Å². The molecule has 0 spiro atoms. The fraction of sp³-hybridized carbons (Fsp3) is 0.259. The first-order chi connectivity index (χ1) is 18.7. The lowest BCUT2D eigenvalue weighted by Crippen LogP contribution is -2.53. The second-order valence-corrected chi connectivity index (χ2v) is 16.3. The maximum Gasteiger partial charge on any atom is 0.253 e. The maximum absolute atomic E-state index is 15.3. The molecular formula is C27H23BF10SSi. The lowest BCUT2D eigenvalue weighted by molar-refractivity contribution is 0.382. The average molecular weight is 608 g/mol. The summed E-state index contributed by atoms with van der Waals surface area (Å²) in [6.45, 7) is 4.51. The van der Waals surface area contributed by atoms with Gasteiger partial charge in [-0.25, -0.2) is 43.9 Å². The van der Waals surface area contributed by atoms with E-state index in [1.165, 1.54) is 11.8 Å². The highest BCUT2D eigenvalue weighted by atomic mass is 32.2. The first kappa shape index (κ1) is 31.9. The van der Waals surface area contributed by atoms with Crippen LogP contribution in [0.25, 0.3) is 5.20 Å². The number of thioether (sulfide) groups is 1. The monoisotopic (exact) mass is 608 g/mol. The van der Waals surface area contributed by atoms with Gasteiger partial charge >= 0.3 is 0 Å². The Bertz CT molecular complexity index is 1330. The van der Waals surface area contributed by atoms with Crippen LogP contribution in [-0.2, 0) is 0 Å². The molecule has 0 atom stereocenters. The third kappa shape index (κ3) is 5.86. The van der Waals surface area contributed by atoms with Gasteiger partial charge in [-0.3, -0.25) is 0 Å². The van der Waals surface area contributed by atoms with Crippen LogP contribution in [0.5, 0.6) is 0 Å². The van der Waals surface area contributed by atoms with Crippen molar-refractivity contribution in [2.24, 2.45) is 0 Å². The summed E-state index contributed by atoms with van der Waals surface area (Å²) in [6, 6.07) is 7.99. The van der Waals surface area contributed by atoms with Crippen molar-refractivity contribution in [3.8, 4) is 0 Å². The normalized spacial score (nSPS) is 12.6. The zero-order valence-corrected chi connectivity index (χ0v) is 23.6. The molecule has 0 heterocycles. The van der Waals surface area contributed by atoms with Crippen LogP contribution in [0.15, 0.2) is 35.8 Å². The summed E-state index contributed by atoms with van der Waals surface area (Å²) in [6.07, 6.45) is -0.226. The molecule has 0 fully saturated rings. The summed E-state index contributed by atoms with van der Waals surface area (Å²) in [4.78, 5) is 0. The van der Waals surface area contributed by atoms with Gasteiger partial charge in [0.15, 0.2) is 58.2 Å². The first-order valence-electron chi connectivity index (χ1n) is 12.1. The Morgan fingerprint density at radius 2 is 1.00 bits per heavy atom. The molecule has 0 unspecified atom stereocenters. The number of halogens is 10. The van der Waals surface area contributed by atoms with Crippen molar-refractivity contribution in [2.45, 2.75) is 33.0 Å². The van der Waals surface area contributed by atoms with E-state index in [9.17, 15) is 26.3 Å². The van der Waals surface area contributed by atoms with Gasteiger partial charge in [-0.2, -0.15) is 11.8 Å². The number of hydrogen-bond donors (Lipinski definition) is 0. The molecule has 0 aliphatic rings. The second kappa shape index (κ2) is 12.5. The van der Waals surface area contributed by atoms with E-state index in [2.05, 4.69) is 0 Å². The van der Waals surface area contributed by atoms with E-state index in [-0.39, 0.29) is 17.6 Å². The summed E-state index contributed by atoms with van der Waals surface area (Å²) in [5.74, 6) is -23.8. The van der Waals surface area contributed by atoms with Crippen molar-refractivity contribution in [1.82, 2.24) is 0 Å². The van der Waals surface area contributed by atoms with Crippen molar-refractivity contribution in [3.05, 3.63) is 99.5 Å². The van der Waals surface area contributed by atoms with E-state index in [1.807, 2.05) is 0 Å². The lowest BCUT2D eigenvalue weighted by atomic mass is 9.35. The van der Waals surface area contributed by atoms with Gasteiger partial charge in [-0.05, 0) is 23.5 Å². The van der Waals surface area contributed by atoms with E-state index < -0.39 is 83.9 Å². The molecule has 40 heavy (non-hydrogen) atoms. The predicted octanol–water partition coefficient (Wildman–Crippen LogP) is 7.70.